The summed E-state index contributed by atoms with van der Waals surface area (Å²) in [4.78, 5) is 17.3. The van der Waals surface area contributed by atoms with Crippen LogP contribution in [0.2, 0.25) is 0 Å². The van der Waals surface area contributed by atoms with E-state index in [1.54, 1.807) is 35.9 Å². The maximum atomic E-state index is 13.4. The first kappa shape index (κ1) is 24.3. The molecule has 3 fully saturated rings. The van der Waals surface area contributed by atoms with Crippen LogP contribution in [0.5, 0.6) is 5.75 Å². The summed E-state index contributed by atoms with van der Waals surface area (Å²) in [6, 6.07) is 8.71. The van der Waals surface area contributed by atoms with E-state index in [0.29, 0.717) is 23.3 Å². The molecule has 9 heteroatoms. The molecular formula is C28H33N3O5S. The Labute approximate surface area is 216 Å². The number of aryl methyl sites for hydroxylation is 1. The Morgan fingerprint density at radius 3 is 2.38 bits per heavy atom. The van der Waals surface area contributed by atoms with Gasteiger partial charge in [-0.15, -0.1) is 0 Å². The maximum absolute atomic E-state index is 13.4. The molecular weight excluding hydrogens is 490 g/mol. The SMILES string of the molecule is Cn1cnc(S(=O)(=O)Nc2cccc([C@@H](c3c(O)cc(C(CC4CC4)CC4CC4)oc3=O)C3CC3)c2)c1. The predicted molar refractivity (Wildman–Crippen MR) is 139 cm³/mol. The van der Waals surface area contributed by atoms with Crippen molar-refractivity contribution in [2.24, 2.45) is 24.8 Å². The third kappa shape index (κ3) is 5.46. The quantitative estimate of drug-likeness (QED) is 0.361. The normalized spacial score (nSPS) is 18.8. The first-order chi connectivity index (χ1) is 17.8. The number of aromatic nitrogens is 2. The van der Waals surface area contributed by atoms with Crippen LogP contribution in [0.25, 0.3) is 0 Å². The van der Waals surface area contributed by atoms with Crippen LogP contribution in [0.1, 0.15) is 80.1 Å². The van der Waals surface area contributed by atoms with Crippen molar-refractivity contribution < 1.29 is 17.9 Å². The van der Waals surface area contributed by atoms with E-state index in [-0.39, 0.29) is 34.1 Å². The van der Waals surface area contributed by atoms with Gasteiger partial charge in [0, 0.05) is 36.8 Å². The smallest absolute Gasteiger partial charge is 0.343 e. The van der Waals surface area contributed by atoms with E-state index in [1.165, 1.54) is 38.2 Å². The van der Waals surface area contributed by atoms with E-state index in [9.17, 15) is 18.3 Å². The fraction of sp³-hybridized carbons (Fsp3) is 0.500. The van der Waals surface area contributed by atoms with Gasteiger partial charge in [-0.2, -0.15) is 8.42 Å². The molecule has 2 N–H and O–H groups in total. The minimum absolute atomic E-state index is 0.0146. The first-order valence-electron chi connectivity index (χ1n) is 13.2. The van der Waals surface area contributed by atoms with Gasteiger partial charge in [-0.25, -0.2) is 9.78 Å². The van der Waals surface area contributed by atoms with Crippen LogP contribution in [-0.2, 0) is 17.1 Å². The molecule has 0 spiro atoms. The van der Waals surface area contributed by atoms with Crippen molar-refractivity contribution in [2.45, 2.75) is 68.2 Å². The lowest BCUT2D eigenvalue weighted by molar-refractivity contribution is 0.357. The predicted octanol–water partition coefficient (Wildman–Crippen LogP) is 5.11. The first-order valence-corrected chi connectivity index (χ1v) is 14.7. The van der Waals surface area contributed by atoms with Gasteiger partial charge in [0.25, 0.3) is 10.0 Å². The summed E-state index contributed by atoms with van der Waals surface area (Å²) >= 11 is 0. The summed E-state index contributed by atoms with van der Waals surface area (Å²) in [5.41, 5.74) is 0.936. The third-order valence-electron chi connectivity index (χ3n) is 7.88. The van der Waals surface area contributed by atoms with Gasteiger partial charge < -0.3 is 14.1 Å². The number of rotatable bonds is 11. The Kier molecular flexibility index (Phi) is 6.13. The van der Waals surface area contributed by atoms with Crippen molar-refractivity contribution in [1.82, 2.24) is 9.55 Å². The summed E-state index contributed by atoms with van der Waals surface area (Å²) in [5.74, 6) is 2.00. The number of hydrogen-bond acceptors (Lipinski definition) is 6. The average molecular weight is 524 g/mol. The fourth-order valence-electron chi connectivity index (χ4n) is 5.47. The second-order valence-electron chi connectivity index (χ2n) is 11.2. The van der Waals surface area contributed by atoms with E-state index in [0.717, 1.165) is 31.2 Å². The molecule has 0 radical (unpaired) electrons. The van der Waals surface area contributed by atoms with E-state index in [1.807, 2.05) is 6.07 Å². The van der Waals surface area contributed by atoms with Gasteiger partial charge in [0.2, 0.25) is 0 Å². The standard InChI is InChI=1S/C28H33N3O5S/c1-31-15-25(29-16-31)37(34,35)30-22-4-2-3-20(13-22)26(19-9-10-19)27-23(32)14-24(36-28(27)33)21(11-17-5-6-17)12-18-7-8-18/h2-4,13-19,21,26,30,32H,5-12H2,1H3/t26-/m0/s1. The molecule has 0 unspecified atom stereocenters. The summed E-state index contributed by atoms with van der Waals surface area (Å²) in [6.07, 6.45) is 11.7. The molecule has 2 heterocycles. The monoisotopic (exact) mass is 523 g/mol. The highest BCUT2D eigenvalue weighted by Gasteiger charge is 2.39. The number of nitrogens with one attached hydrogen (secondary N) is 1. The van der Waals surface area contributed by atoms with E-state index in [4.69, 9.17) is 4.42 Å². The summed E-state index contributed by atoms with van der Waals surface area (Å²) in [7, 11) is -2.15. The van der Waals surface area contributed by atoms with Crippen LogP contribution in [0.15, 0.2) is 57.1 Å². The molecule has 1 aromatic carbocycles. The zero-order valence-electron chi connectivity index (χ0n) is 21.0. The van der Waals surface area contributed by atoms with Crippen molar-refractivity contribution in [3.05, 3.63) is 70.2 Å². The number of benzene rings is 1. The summed E-state index contributed by atoms with van der Waals surface area (Å²) in [5, 5.41) is 11.1. The number of sulfonamides is 1. The molecule has 6 rings (SSSR count). The van der Waals surface area contributed by atoms with Crippen molar-refractivity contribution in [2.75, 3.05) is 4.72 Å². The lowest BCUT2D eigenvalue weighted by atomic mass is 9.86. The van der Waals surface area contributed by atoms with Gasteiger partial charge in [-0.05, 0) is 61.1 Å². The van der Waals surface area contributed by atoms with Gasteiger partial charge in [0.1, 0.15) is 11.5 Å². The Morgan fingerprint density at radius 1 is 1.11 bits per heavy atom. The van der Waals surface area contributed by atoms with E-state index in [2.05, 4.69) is 9.71 Å². The number of anilines is 1. The number of imidazole rings is 1. The van der Waals surface area contributed by atoms with E-state index >= 15 is 0 Å². The molecule has 0 bridgehead atoms. The van der Waals surface area contributed by atoms with Crippen LogP contribution in [0, 0.1) is 17.8 Å². The number of aromatic hydroxyl groups is 1. The topological polar surface area (TPSA) is 114 Å². The Morgan fingerprint density at radius 2 is 1.81 bits per heavy atom. The van der Waals surface area contributed by atoms with Gasteiger partial charge >= 0.3 is 5.63 Å². The minimum Gasteiger partial charge on any atom is -0.507 e. The zero-order valence-corrected chi connectivity index (χ0v) is 21.8. The molecule has 1 atom stereocenters. The molecule has 0 saturated heterocycles. The second-order valence-corrected chi connectivity index (χ2v) is 12.8. The molecule has 196 valence electrons. The molecule has 3 saturated carbocycles. The molecule has 37 heavy (non-hydrogen) atoms. The lowest BCUT2D eigenvalue weighted by Crippen LogP contribution is -2.18. The highest BCUT2D eigenvalue weighted by atomic mass is 32.2. The van der Waals surface area contributed by atoms with Gasteiger partial charge in [-0.3, -0.25) is 4.72 Å². The lowest BCUT2D eigenvalue weighted by Gasteiger charge is -2.21. The average Bonchev–Trinajstić information content (AvgIpc) is 3.71. The zero-order chi connectivity index (χ0) is 25.7. The van der Waals surface area contributed by atoms with Gasteiger partial charge in [0.15, 0.2) is 5.03 Å². The fourth-order valence-corrected chi connectivity index (χ4v) is 6.50. The van der Waals surface area contributed by atoms with Crippen molar-refractivity contribution >= 4 is 15.7 Å². The Balaban J connectivity index is 1.30. The minimum atomic E-state index is -3.86. The molecule has 0 aliphatic heterocycles. The third-order valence-corrected chi connectivity index (χ3v) is 9.14. The summed E-state index contributed by atoms with van der Waals surface area (Å²) in [6.45, 7) is 0. The second kappa shape index (κ2) is 9.35. The Bertz CT molecular complexity index is 1450. The van der Waals surface area contributed by atoms with Crippen LogP contribution in [-0.4, -0.2) is 23.1 Å². The molecule has 3 aromatic rings. The summed E-state index contributed by atoms with van der Waals surface area (Å²) < 4.78 is 35.7. The van der Waals surface area contributed by atoms with Crippen molar-refractivity contribution in [3.8, 4) is 5.75 Å². The van der Waals surface area contributed by atoms with Gasteiger partial charge in [0.05, 0.1) is 11.9 Å². The maximum Gasteiger partial charge on any atom is 0.343 e. The molecule has 8 nitrogen and oxygen atoms in total. The number of nitrogens with zero attached hydrogens (tertiary/aromatic N) is 2. The molecule has 2 aromatic heterocycles. The van der Waals surface area contributed by atoms with Gasteiger partial charge in [-0.1, -0.05) is 37.8 Å². The van der Waals surface area contributed by atoms with Crippen molar-refractivity contribution in [1.29, 1.82) is 0 Å². The number of hydrogen-bond donors (Lipinski definition) is 2. The van der Waals surface area contributed by atoms with Crippen LogP contribution in [0.4, 0.5) is 5.69 Å². The largest absolute Gasteiger partial charge is 0.507 e. The Hall–Kier alpha value is -3.07. The molecule has 3 aliphatic rings. The van der Waals surface area contributed by atoms with Crippen molar-refractivity contribution in [3.63, 3.8) is 0 Å². The highest BCUT2D eigenvalue weighted by molar-refractivity contribution is 7.92. The van der Waals surface area contributed by atoms with Crippen LogP contribution >= 0.6 is 0 Å². The van der Waals surface area contributed by atoms with Crippen LogP contribution in [0.3, 0.4) is 0 Å². The van der Waals surface area contributed by atoms with Crippen LogP contribution < -0.4 is 10.3 Å². The van der Waals surface area contributed by atoms with E-state index < -0.39 is 15.6 Å². The molecule has 3 aliphatic carbocycles. The highest BCUT2D eigenvalue weighted by Crippen LogP contribution is 2.49. The molecule has 0 amide bonds.